The van der Waals surface area contributed by atoms with Gasteiger partial charge in [-0.25, -0.2) is 0 Å². The van der Waals surface area contributed by atoms with E-state index in [-0.39, 0.29) is 0 Å². The molecule has 1 N–H and O–H groups in total. The maximum absolute atomic E-state index is 3.45. The average Bonchev–Trinajstić information content (AvgIpc) is 2.79. The molecule has 0 radical (unpaired) electrons. The van der Waals surface area contributed by atoms with Crippen LogP contribution in [0.5, 0.6) is 0 Å². The Labute approximate surface area is 116 Å². The molecule has 0 aliphatic rings. The third-order valence-corrected chi connectivity index (χ3v) is 3.69. The van der Waals surface area contributed by atoms with Gasteiger partial charge in [-0.3, -0.25) is 0 Å². The number of hydrogen-bond acceptors (Lipinski definition) is 1. The van der Waals surface area contributed by atoms with Crippen molar-refractivity contribution in [3.8, 4) is 0 Å². The molecule has 0 atom stereocenters. The van der Waals surface area contributed by atoms with E-state index in [1.807, 2.05) is 0 Å². The quantitative estimate of drug-likeness (QED) is 0.697. The molecule has 0 spiro atoms. The van der Waals surface area contributed by atoms with Crippen molar-refractivity contribution in [2.45, 2.75) is 52.6 Å². The fourth-order valence-electron chi connectivity index (χ4n) is 2.63. The zero-order valence-electron chi connectivity index (χ0n) is 12.3. The largest absolute Gasteiger partial charge is 0.343 e. The van der Waals surface area contributed by atoms with Crippen molar-refractivity contribution in [3.05, 3.63) is 36.0 Å². The van der Waals surface area contributed by atoms with Gasteiger partial charge >= 0.3 is 0 Å². The normalized spacial score (nSPS) is 11.3. The number of nitrogens with one attached hydrogen (secondary N) is 1. The van der Waals surface area contributed by atoms with E-state index in [4.69, 9.17) is 0 Å². The van der Waals surface area contributed by atoms with Gasteiger partial charge in [-0.2, -0.15) is 0 Å². The Bertz CT molecular complexity index is 499. The van der Waals surface area contributed by atoms with Gasteiger partial charge in [-0.05, 0) is 30.5 Å². The van der Waals surface area contributed by atoms with Crippen molar-refractivity contribution in [2.24, 2.45) is 0 Å². The summed E-state index contributed by atoms with van der Waals surface area (Å²) >= 11 is 0. The summed E-state index contributed by atoms with van der Waals surface area (Å²) in [6, 6.07) is 11.1. The molecule has 2 aromatic rings. The van der Waals surface area contributed by atoms with Crippen molar-refractivity contribution in [1.82, 2.24) is 9.88 Å². The maximum Gasteiger partial charge on any atom is 0.0482 e. The summed E-state index contributed by atoms with van der Waals surface area (Å²) in [5.41, 5.74) is 2.80. The Hall–Kier alpha value is -1.28. The summed E-state index contributed by atoms with van der Waals surface area (Å²) in [5.74, 6) is 0. The zero-order valence-corrected chi connectivity index (χ0v) is 12.3. The van der Waals surface area contributed by atoms with Crippen LogP contribution < -0.4 is 5.32 Å². The lowest BCUT2D eigenvalue weighted by Crippen LogP contribution is -2.15. The second-order valence-corrected chi connectivity index (χ2v) is 5.19. The van der Waals surface area contributed by atoms with Crippen molar-refractivity contribution < 1.29 is 0 Å². The van der Waals surface area contributed by atoms with Crippen LogP contribution in [0.15, 0.2) is 30.3 Å². The lowest BCUT2D eigenvalue weighted by molar-refractivity contribution is 0.568. The number of aryl methyl sites for hydroxylation is 1. The average molecular weight is 258 g/mol. The summed E-state index contributed by atoms with van der Waals surface area (Å²) in [5, 5.41) is 4.81. The highest BCUT2D eigenvalue weighted by Crippen LogP contribution is 2.20. The molecule has 2 heteroatoms. The lowest BCUT2D eigenvalue weighted by Gasteiger charge is -2.11. The monoisotopic (exact) mass is 258 g/mol. The van der Waals surface area contributed by atoms with Gasteiger partial charge in [0.1, 0.15) is 0 Å². The summed E-state index contributed by atoms with van der Waals surface area (Å²) in [6.07, 6.45) is 5.27. The molecule has 1 aromatic carbocycles. The standard InChI is InChI=1S/C17H26N2/c1-3-5-6-9-12-19-16(14-18-4-2)13-15-10-7-8-11-17(15)19/h7-8,10-11,13,18H,3-6,9,12,14H2,1-2H3. The highest BCUT2D eigenvalue weighted by atomic mass is 15.0. The molecular weight excluding hydrogens is 232 g/mol. The van der Waals surface area contributed by atoms with Crippen molar-refractivity contribution >= 4 is 10.9 Å². The Morgan fingerprint density at radius 1 is 1.05 bits per heavy atom. The van der Waals surface area contributed by atoms with Crippen LogP contribution in [0.25, 0.3) is 10.9 Å². The second kappa shape index (κ2) is 7.34. The van der Waals surface area contributed by atoms with Crippen molar-refractivity contribution in [2.75, 3.05) is 6.54 Å². The minimum atomic E-state index is 0.971. The SMILES string of the molecule is CCCCCCn1c(CNCC)cc2ccccc21. The number of rotatable bonds is 8. The minimum absolute atomic E-state index is 0.971. The van der Waals surface area contributed by atoms with Crippen molar-refractivity contribution in [3.63, 3.8) is 0 Å². The highest BCUT2D eigenvalue weighted by Gasteiger charge is 2.07. The van der Waals surface area contributed by atoms with Crippen LogP contribution in [-0.2, 0) is 13.1 Å². The van der Waals surface area contributed by atoms with E-state index in [9.17, 15) is 0 Å². The fraction of sp³-hybridized carbons (Fsp3) is 0.529. The van der Waals surface area contributed by atoms with Gasteiger partial charge in [0.15, 0.2) is 0 Å². The first-order valence-corrected chi connectivity index (χ1v) is 7.64. The Morgan fingerprint density at radius 3 is 2.68 bits per heavy atom. The molecule has 0 fully saturated rings. The molecule has 2 rings (SSSR count). The van der Waals surface area contributed by atoms with Crippen LogP contribution in [0.4, 0.5) is 0 Å². The number of hydrogen-bond donors (Lipinski definition) is 1. The van der Waals surface area contributed by atoms with Gasteiger partial charge in [0.25, 0.3) is 0 Å². The second-order valence-electron chi connectivity index (χ2n) is 5.19. The van der Waals surface area contributed by atoms with E-state index < -0.39 is 0 Å². The van der Waals surface area contributed by atoms with Crippen LogP contribution in [0, 0.1) is 0 Å². The van der Waals surface area contributed by atoms with Gasteiger partial charge in [0, 0.05) is 24.3 Å². The van der Waals surface area contributed by atoms with E-state index in [1.165, 1.54) is 42.3 Å². The Morgan fingerprint density at radius 2 is 1.89 bits per heavy atom. The summed E-state index contributed by atoms with van der Waals surface area (Å²) < 4.78 is 2.49. The van der Waals surface area contributed by atoms with Crippen LogP contribution in [0.3, 0.4) is 0 Å². The molecule has 1 aromatic heterocycles. The number of nitrogens with zero attached hydrogens (tertiary/aromatic N) is 1. The molecule has 2 nitrogen and oxygen atoms in total. The smallest absolute Gasteiger partial charge is 0.0482 e. The number of aromatic nitrogens is 1. The topological polar surface area (TPSA) is 17.0 Å². The molecule has 19 heavy (non-hydrogen) atoms. The maximum atomic E-state index is 3.45. The summed E-state index contributed by atoms with van der Waals surface area (Å²) in [7, 11) is 0. The number of unbranched alkanes of at least 4 members (excludes halogenated alkanes) is 3. The number of para-hydroxylation sites is 1. The Kier molecular flexibility index (Phi) is 5.46. The first-order valence-electron chi connectivity index (χ1n) is 7.64. The molecule has 0 unspecified atom stereocenters. The van der Waals surface area contributed by atoms with Gasteiger partial charge in [0.05, 0.1) is 0 Å². The Balaban J connectivity index is 2.16. The minimum Gasteiger partial charge on any atom is -0.343 e. The van der Waals surface area contributed by atoms with Crippen LogP contribution in [0.2, 0.25) is 0 Å². The molecule has 0 aliphatic carbocycles. The lowest BCUT2D eigenvalue weighted by atomic mass is 10.2. The molecule has 0 aliphatic heterocycles. The van der Waals surface area contributed by atoms with Crippen LogP contribution >= 0.6 is 0 Å². The zero-order chi connectivity index (χ0) is 13.5. The predicted molar refractivity (Wildman–Crippen MR) is 83.5 cm³/mol. The van der Waals surface area contributed by atoms with E-state index in [0.29, 0.717) is 0 Å². The van der Waals surface area contributed by atoms with Gasteiger partial charge < -0.3 is 9.88 Å². The first kappa shape index (κ1) is 14.1. The third kappa shape index (κ3) is 3.60. The third-order valence-electron chi connectivity index (χ3n) is 3.69. The van der Waals surface area contributed by atoms with Crippen LogP contribution in [-0.4, -0.2) is 11.1 Å². The van der Waals surface area contributed by atoms with Gasteiger partial charge in [0.2, 0.25) is 0 Å². The molecule has 0 saturated heterocycles. The number of fused-ring (bicyclic) bond motifs is 1. The van der Waals surface area contributed by atoms with E-state index >= 15 is 0 Å². The van der Waals surface area contributed by atoms with E-state index in [1.54, 1.807) is 0 Å². The summed E-state index contributed by atoms with van der Waals surface area (Å²) in [4.78, 5) is 0. The predicted octanol–water partition coefficient (Wildman–Crippen LogP) is 4.33. The summed E-state index contributed by atoms with van der Waals surface area (Å²) in [6.45, 7) is 7.57. The molecule has 104 valence electrons. The highest BCUT2D eigenvalue weighted by molar-refractivity contribution is 5.81. The molecule has 0 bridgehead atoms. The molecule has 1 heterocycles. The van der Waals surface area contributed by atoms with Crippen molar-refractivity contribution in [1.29, 1.82) is 0 Å². The first-order chi connectivity index (χ1) is 9.36. The van der Waals surface area contributed by atoms with Gasteiger partial charge in [-0.1, -0.05) is 51.3 Å². The van der Waals surface area contributed by atoms with Gasteiger partial charge in [-0.15, -0.1) is 0 Å². The molecule has 0 saturated carbocycles. The van der Waals surface area contributed by atoms with E-state index in [0.717, 1.165) is 19.6 Å². The molecular formula is C17H26N2. The number of benzene rings is 1. The molecule has 0 amide bonds. The van der Waals surface area contributed by atoms with E-state index in [2.05, 4.69) is 54.1 Å². The van der Waals surface area contributed by atoms with Crippen LogP contribution in [0.1, 0.15) is 45.2 Å². The fourth-order valence-corrected chi connectivity index (χ4v) is 2.63.